The highest BCUT2D eigenvalue weighted by molar-refractivity contribution is 7.17. The van der Waals surface area contributed by atoms with E-state index < -0.39 is 5.97 Å². The van der Waals surface area contributed by atoms with Gasteiger partial charge in [-0.15, -0.1) is 0 Å². The van der Waals surface area contributed by atoms with Crippen molar-refractivity contribution >= 4 is 28.3 Å². The first-order valence-electron chi connectivity index (χ1n) is 6.84. The minimum absolute atomic E-state index is 0.0349. The number of nitrogens with zero attached hydrogens (tertiary/aromatic N) is 2. The number of amides is 1. The molecule has 1 aromatic heterocycles. The lowest BCUT2D eigenvalue weighted by Gasteiger charge is -2.26. The van der Waals surface area contributed by atoms with Crippen LogP contribution in [0.4, 0.5) is 5.13 Å². The number of hydrogen-bond donors (Lipinski definition) is 2. The van der Waals surface area contributed by atoms with E-state index in [0.29, 0.717) is 37.2 Å². The van der Waals surface area contributed by atoms with Gasteiger partial charge in [-0.1, -0.05) is 11.3 Å². The number of likely N-dealkylation sites (N-methyl/N-ethyl adjacent to an activating group) is 1. The van der Waals surface area contributed by atoms with Crippen LogP contribution in [0.15, 0.2) is 0 Å². The Morgan fingerprint density at radius 3 is 2.86 bits per heavy atom. The predicted molar refractivity (Wildman–Crippen MR) is 80.5 cm³/mol. The monoisotopic (exact) mass is 329 g/mol. The molecule has 0 aromatic carbocycles. The number of thiazole rings is 1. The second kappa shape index (κ2) is 7.63. The Balaban J connectivity index is 1.81. The molecule has 122 valence electrons. The maximum atomic E-state index is 11.9. The summed E-state index contributed by atoms with van der Waals surface area (Å²) in [5.74, 6) is -1.29. The third-order valence-electron chi connectivity index (χ3n) is 3.05. The molecule has 0 aliphatic carbocycles. The third-order valence-corrected chi connectivity index (χ3v) is 4.11. The normalized spacial score (nSPS) is 18.4. The molecule has 0 spiro atoms. The Labute approximate surface area is 132 Å². The number of aryl methyl sites for hydroxylation is 1. The van der Waals surface area contributed by atoms with Crippen LogP contribution in [0, 0.1) is 6.92 Å². The smallest absolute Gasteiger partial charge is 0.347 e. The Kier molecular flexibility index (Phi) is 5.83. The standard InChI is InChI=1S/C13H19N3O5S/c1-8-11(12(18)19)22-13(14-8)15-10(17)6-16(2)5-9-7-20-3-4-21-9/h9H,3-7H2,1-2H3,(H,18,19)(H,14,15,17)/t9-/m1/s1. The zero-order valence-corrected chi connectivity index (χ0v) is 13.3. The molecule has 2 heterocycles. The topological polar surface area (TPSA) is 101 Å². The van der Waals surface area contributed by atoms with Crippen LogP contribution < -0.4 is 5.32 Å². The number of carbonyl (C=O) groups excluding carboxylic acids is 1. The summed E-state index contributed by atoms with van der Waals surface area (Å²) in [6.07, 6.45) is -0.0349. The van der Waals surface area contributed by atoms with Crippen molar-refractivity contribution in [2.45, 2.75) is 13.0 Å². The zero-order valence-electron chi connectivity index (χ0n) is 12.5. The molecule has 2 N–H and O–H groups in total. The number of hydrogen-bond acceptors (Lipinski definition) is 7. The summed E-state index contributed by atoms with van der Waals surface area (Å²) in [6.45, 7) is 4.06. The van der Waals surface area contributed by atoms with Gasteiger partial charge in [0.25, 0.3) is 0 Å². The van der Waals surface area contributed by atoms with Gasteiger partial charge in [0.2, 0.25) is 5.91 Å². The Morgan fingerprint density at radius 1 is 1.50 bits per heavy atom. The van der Waals surface area contributed by atoms with Crippen molar-refractivity contribution in [3.63, 3.8) is 0 Å². The van der Waals surface area contributed by atoms with Gasteiger partial charge in [0, 0.05) is 6.54 Å². The van der Waals surface area contributed by atoms with Crippen molar-refractivity contribution in [2.75, 3.05) is 45.3 Å². The lowest BCUT2D eigenvalue weighted by molar-refractivity contribution is -0.119. The molecule has 0 unspecified atom stereocenters. The molecular weight excluding hydrogens is 310 g/mol. The van der Waals surface area contributed by atoms with Crippen LogP contribution in [0.3, 0.4) is 0 Å². The Bertz CT molecular complexity index is 542. The van der Waals surface area contributed by atoms with Crippen molar-refractivity contribution in [3.05, 3.63) is 10.6 Å². The lowest BCUT2D eigenvalue weighted by atomic mass is 10.3. The number of nitrogens with one attached hydrogen (secondary N) is 1. The number of anilines is 1. The zero-order chi connectivity index (χ0) is 16.1. The van der Waals surface area contributed by atoms with Gasteiger partial charge in [0.05, 0.1) is 38.2 Å². The molecule has 0 radical (unpaired) electrons. The highest BCUT2D eigenvalue weighted by Crippen LogP contribution is 2.22. The minimum atomic E-state index is -1.04. The molecule has 0 bridgehead atoms. The Morgan fingerprint density at radius 2 is 2.27 bits per heavy atom. The highest BCUT2D eigenvalue weighted by atomic mass is 32.1. The number of ether oxygens (including phenoxy) is 2. The number of aromatic nitrogens is 1. The van der Waals surface area contributed by atoms with Crippen LogP contribution in [0.25, 0.3) is 0 Å². The van der Waals surface area contributed by atoms with Gasteiger partial charge < -0.3 is 19.9 Å². The fourth-order valence-corrected chi connectivity index (χ4v) is 2.93. The molecule has 8 nitrogen and oxygen atoms in total. The van der Waals surface area contributed by atoms with E-state index in [1.54, 1.807) is 6.92 Å². The number of carboxylic acid groups (broad SMARTS) is 1. The summed E-state index contributed by atoms with van der Waals surface area (Å²) < 4.78 is 10.8. The second-order valence-corrected chi connectivity index (χ2v) is 6.05. The molecule has 1 saturated heterocycles. The van der Waals surface area contributed by atoms with E-state index >= 15 is 0 Å². The van der Waals surface area contributed by atoms with Gasteiger partial charge in [-0.2, -0.15) is 0 Å². The molecule has 1 fully saturated rings. The first kappa shape index (κ1) is 16.8. The number of carboxylic acids is 1. The SMILES string of the molecule is Cc1nc(NC(=O)CN(C)C[C@@H]2COCCO2)sc1C(=O)O. The Hall–Kier alpha value is -1.55. The van der Waals surface area contributed by atoms with Crippen molar-refractivity contribution in [1.29, 1.82) is 0 Å². The average Bonchev–Trinajstić information content (AvgIpc) is 2.80. The summed E-state index contributed by atoms with van der Waals surface area (Å²) >= 11 is 0.953. The van der Waals surface area contributed by atoms with Gasteiger partial charge in [0.15, 0.2) is 5.13 Å². The fourth-order valence-electron chi connectivity index (χ4n) is 2.11. The van der Waals surface area contributed by atoms with E-state index in [9.17, 15) is 9.59 Å². The molecule has 1 aromatic rings. The van der Waals surface area contributed by atoms with Crippen LogP contribution in [0.5, 0.6) is 0 Å². The third kappa shape index (κ3) is 4.73. The number of aromatic carboxylic acids is 1. The van der Waals surface area contributed by atoms with Gasteiger partial charge in [0.1, 0.15) is 4.88 Å². The van der Waals surface area contributed by atoms with Gasteiger partial charge in [-0.25, -0.2) is 9.78 Å². The van der Waals surface area contributed by atoms with Crippen LogP contribution >= 0.6 is 11.3 Å². The number of carbonyl (C=O) groups is 2. The van der Waals surface area contributed by atoms with Crippen LogP contribution in [-0.4, -0.2) is 72.9 Å². The molecule has 1 atom stereocenters. The fraction of sp³-hybridized carbons (Fsp3) is 0.615. The molecule has 9 heteroatoms. The molecule has 1 amide bonds. The van der Waals surface area contributed by atoms with Gasteiger partial charge in [-0.05, 0) is 14.0 Å². The first-order chi connectivity index (χ1) is 10.5. The van der Waals surface area contributed by atoms with E-state index in [0.717, 1.165) is 11.3 Å². The van der Waals surface area contributed by atoms with E-state index in [1.807, 2.05) is 11.9 Å². The molecular formula is C13H19N3O5S. The highest BCUT2D eigenvalue weighted by Gasteiger charge is 2.19. The average molecular weight is 329 g/mol. The summed E-state index contributed by atoms with van der Waals surface area (Å²) in [5.41, 5.74) is 0.397. The lowest BCUT2D eigenvalue weighted by Crippen LogP contribution is -2.41. The summed E-state index contributed by atoms with van der Waals surface area (Å²) in [6, 6.07) is 0. The molecule has 1 aliphatic heterocycles. The molecule has 0 saturated carbocycles. The summed E-state index contributed by atoms with van der Waals surface area (Å²) in [7, 11) is 1.81. The van der Waals surface area contributed by atoms with Crippen molar-refractivity contribution in [3.8, 4) is 0 Å². The summed E-state index contributed by atoms with van der Waals surface area (Å²) in [5, 5.41) is 11.9. The largest absolute Gasteiger partial charge is 0.477 e. The minimum Gasteiger partial charge on any atom is -0.477 e. The van der Waals surface area contributed by atoms with Crippen LogP contribution in [-0.2, 0) is 14.3 Å². The summed E-state index contributed by atoms with van der Waals surface area (Å²) in [4.78, 5) is 28.9. The van der Waals surface area contributed by atoms with Gasteiger partial charge >= 0.3 is 5.97 Å². The van der Waals surface area contributed by atoms with E-state index in [4.69, 9.17) is 14.6 Å². The predicted octanol–water partition coefficient (Wildman–Crippen LogP) is 0.435. The maximum absolute atomic E-state index is 11.9. The van der Waals surface area contributed by atoms with Crippen LogP contribution in [0.2, 0.25) is 0 Å². The second-order valence-electron chi connectivity index (χ2n) is 5.05. The molecule has 22 heavy (non-hydrogen) atoms. The molecule has 1 aliphatic rings. The van der Waals surface area contributed by atoms with Crippen molar-refractivity contribution in [2.24, 2.45) is 0 Å². The van der Waals surface area contributed by atoms with Gasteiger partial charge in [-0.3, -0.25) is 9.69 Å². The van der Waals surface area contributed by atoms with Crippen molar-refractivity contribution < 1.29 is 24.2 Å². The maximum Gasteiger partial charge on any atom is 0.347 e. The van der Waals surface area contributed by atoms with E-state index in [-0.39, 0.29) is 23.4 Å². The van der Waals surface area contributed by atoms with E-state index in [1.165, 1.54) is 0 Å². The van der Waals surface area contributed by atoms with Crippen LogP contribution in [0.1, 0.15) is 15.4 Å². The number of rotatable bonds is 6. The van der Waals surface area contributed by atoms with Crippen molar-refractivity contribution in [1.82, 2.24) is 9.88 Å². The van der Waals surface area contributed by atoms with E-state index in [2.05, 4.69) is 10.3 Å². The first-order valence-corrected chi connectivity index (χ1v) is 7.66. The quantitative estimate of drug-likeness (QED) is 0.780. The molecule has 2 rings (SSSR count).